The Morgan fingerprint density at radius 1 is 1.40 bits per heavy atom. The summed E-state index contributed by atoms with van der Waals surface area (Å²) >= 11 is 0. The lowest BCUT2D eigenvalue weighted by atomic mass is 10.1. The van der Waals surface area contributed by atoms with E-state index in [1.54, 1.807) is 7.11 Å². The molecule has 0 spiro atoms. The van der Waals surface area contributed by atoms with Crippen LogP contribution in [0.15, 0.2) is 12.4 Å². The number of hydrogen-bond acceptors (Lipinski definition) is 4. The molecule has 114 valence electrons. The number of hydrogen-bond donors (Lipinski definition) is 1. The molecular weight excluding hydrogens is 252 g/mol. The van der Waals surface area contributed by atoms with Crippen molar-refractivity contribution >= 4 is 5.69 Å². The molecule has 1 N–H and O–H groups in total. The number of nitrogens with one attached hydrogen (secondary N) is 1. The average molecular weight is 280 g/mol. The van der Waals surface area contributed by atoms with Crippen LogP contribution in [0.25, 0.3) is 0 Å². The smallest absolute Gasteiger partial charge is 0.0728 e. The molecule has 0 bridgehead atoms. The van der Waals surface area contributed by atoms with E-state index in [1.165, 1.54) is 32.4 Å². The fourth-order valence-corrected chi connectivity index (χ4v) is 2.76. The van der Waals surface area contributed by atoms with Crippen molar-refractivity contribution in [3.63, 3.8) is 0 Å². The van der Waals surface area contributed by atoms with Crippen LogP contribution in [0, 0.1) is 0 Å². The van der Waals surface area contributed by atoms with E-state index in [-0.39, 0.29) is 0 Å². The average Bonchev–Trinajstić information content (AvgIpc) is 2.72. The molecule has 20 heavy (non-hydrogen) atoms. The minimum atomic E-state index is 0.568. The van der Waals surface area contributed by atoms with E-state index < -0.39 is 0 Å². The van der Waals surface area contributed by atoms with Crippen molar-refractivity contribution in [2.45, 2.75) is 51.7 Å². The summed E-state index contributed by atoms with van der Waals surface area (Å²) in [5.74, 6) is 0. The van der Waals surface area contributed by atoms with E-state index >= 15 is 0 Å². The lowest BCUT2D eigenvalue weighted by Gasteiger charge is -2.24. The first-order valence-corrected chi connectivity index (χ1v) is 7.71. The quantitative estimate of drug-likeness (QED) is 0.867. The monoisotopic (exact) mass is 280 g/mol. The maximum absolute atomic E-state index is 5.07. The summed E-state index contributed by atoms with van der Waals surface area (Å²) in [7, 11) is 1.72. The van der Waals surface area contributed by atoms with Gasteiger partial charge >= 0.3 is 0 Å². The molecule has 0 radical (unpaired) electrons. The Morgan fingerprint density at radius 2 is 2.25 bits per heavy atom. The molecule has 2 rings (SSSR count). The number of nitrogens with zero attached hydrogens (tertiary/aromatic N) is 3. The van der Waals surface area contributed by atoms with Gasteiger partial charge in [-0.15, -0.1) is 0 Å². The number of methoxy groups -OCH3 is 1. The van der Waals surface area contributed by atoms with Gasteiger partial charge in [-0.05, 0) is 39.7 Å². The molecule has 0 amide bonds. The Morgan fingerprint density at radius 3 is 3.00 bits per heavy atom. The maximum Gasteiger partial charge on any atom is 0.0728 e. The Labute approximate surface area is 122 Å². The molecule has 1 saturated heterocycles. The van der Waals surface area contributed by atoms with Gasteiger partial charge in [0.15, 0.2) is 0 Å². The summed E-state index contributed by atoms with van der Waals surface area (Å²) in [4.78, 5) is 2.57. The van der Waals surface area contributed by atoms with Crippen molar-refractivity contribution in [2.75, 3.05) is 32.1 Å². The molecule has 2 heterocycles. The fraction of sp³-hybridized carbons (Fsp3) is 0.800. The molecule has 5 nitrogen and oxygen atoms in total. The highest BCUT2D eigenvalue weighted by Gasteiger charge is 2.18. The van der Waals surface area contributed by atoms with Crippen molar-refractivity contribution < 1.29 is 4.74 Å². The molecule has 0 aromatic carbocycles. The topological polar surface area (TPSA) is 42.3 Å². The van der Waals surface area contributed by atoms with Gasteiger partial charge in [-0.25, -0.2) is 0 Å². The molecule has 1 aliphatic rings. The van der Waals surface area contributed by atoms with E-state index in [4.69, 9.17) is 4.74 Å². The third-order valence-electron chi connectivity index (χ3n) is 4.02. The second-order valence-electron chi connectivity index (χ2n) is 5.89. The lowest BCUT2D eigenvalue weighted by molar-refractivity contribution is 0.183. The van der Waals surface area contributed by atoms with Crippen LogP contribution in [0.2, 0.25) is 0 Å². The maximum atomic E-state index is 5.07. The van der Waals surface area contributed by atoms with Gasteiger partial charge in [-0.2, -0.15) is 5.10 Å². The van der Waals surface area contributed by atoms with Gasteiger partial charge in [-0.3, -0.25) is 4.68 Å². The number of aromatic nitrogens is 2. The summed E-state index contributed by atoms with van der Waals surface area (Å²) < 4.78 is 7.00. The zero-order valence-corrected chi connectivity index (χ0v) is 13.0. The van der Waals surface area contributed by atoms with Crippen LogP contribution < -0.4 is 5.32 Å². The normalized spacial score (nSPS) is 21.1. The predicted molar refractivity (Wildman–Crippen MR) is 82.1 cm³/mol. The van der Waals surface area contributed by atoms with Crippen LogP contribution in [0.1, 0.15) is 33.1 Å². The zero-order valence-electron chi connectivity index (χ0n) is 13.0. The number of likely N-dealkylation sites (tertiary alicyclic amines) is 1. The van der Waals surface area contributed by atoms with Gasteiger partial charge in [0.1, 0.15) is 0 Å². The molecular formula is C15H28N4O. The Kier molecular flexibility index (Phi) is 5.86. The molecule has 1 aromatic rings. The van der Waals surface area contributed by atoms with Crippen LogP contribution in [0.5, 0.6) is 0 Å². The standard InChI is InChI=1S/C15H28N4O/c1-13(2)18-7-4-5-14(6-8-18)17-15-11-16-19(12-15)9-10-20-3/h11-14,17H,4-10H2,1-3H3. The molecule has 5 heteroatoms. The third-order valence-corrected chi connectivity index (χ3v) is 4.02. The summed E-state index contributed by atoms with van der Waals surface area (Å²) in [5, 5.41) is 7.98. The van der Waals surface area contributed by atoms with E-state index in [0.717, 1.165) is 12.2 Å². The zero-order chi connectivity index (χ0) is 14.4. The van der Waals surface area contributed by atoms with Crippen molar-refractivity contribution in [3.8, 4) is 0 Å². The summed E-state index contributed by atoms with van der Waals surface area (Å²) in [5.41, 5.74) is 1.13. The summed E-state index contributed by atoms with van der Waals surface area (Å²) in [6.07, 6.45) is 7.71. The van der Waals surface area contributed by atoms with Gasteiger partial charge in [0.05, 0.1) is 25.0 Å². The number of ether oxygens (including phenoxy) is 1. The third kappa shape index (κ3) is 4.49. The summed E-state index contributed by atoms with van der Waals surface area (Å²) in [6.45, 7) is 8.50. The Balaban J connectivity index is 1.82. The molecule has 0 aliphatic carbocycles. The van der Waals surface area contributed by atoms with E-state index in [9.17, 15) is 0 Å². The first-order chi connectivity index (χ1) is 9.69. The molecule has 1 fully saturated rings. The molecule has 1 atom stereocenters. The van der Waals surface area contributed by atoms with Crippen LogP contribution in [-0.4, -0.2) is 53.6 Å². The van der Waals surface area contributed by atoms with E-state index in [1.807, 2.05) is 10.9 Å². The first-order valence-electron chi connectivity index (χ1n) is 7.71. The second-order valence-corrected chi connectivity index (χ2v) is 5.89. The van der Waals surface area contributed by atoms with E-state index in [0.29, 0.717) is 18.7 Å². The van der Waals surface area contributed by atoms with Gasteiger partial charge in [0.25, 0.3) is 0 Å². The minimum Gasteiger partial charge on any atom is -0.383 e. The largest absolute Gasteiger partial charge is 0.383 e. The highest BCUT2D eigenvalue weighted by Crippen LogP contribution is 2.17. The Hall–Kier alpha value is -1.07. The molecule has 1 unspecified atom stereocenters. The van der Waals surface area contributed by atoms with Gasteiger partial charge in [0.2, 0.25) is 0 Å². The first kappa shape index (κ1) is 15.3. The number of rotatable bonds is 6. The SMILES string of the molecule is COCCn1cc(NC2CCCN(C(C)C)CC2)cn1. The number of anilines is 1. The van der Waals surface area contributed by atoms with Crippen LogP contribution in [0.3, 0.4) is 0 Å². The second kappa shape index (κ2) is 7.64. The predicted octanol–water partition coefficient (Wildman–Crippen LogP) is 2.20. The van der Waals surface area contributed by atoms with E-state index in [2.05, 4.69) is 35.4 Å². The molecule has 0 saturated carbocycles. The molecule has 1 aromatic heterocycles. The van der Waals surface area contributed by atoms with Gasteiger partial charge in [0, 0.05) is 31.9 Å². The van der Waals surface area contributed by atoms with Gasteiger partial charge in [-0.1, -0.05) is 0 Å². The van der Waals surface area contributed by atoms with Crippen molar-refractivity contribution in [2.24, 2.45) is 0 Å². The molecule has 1 aliphatic heterocycles. The van der Waals surface area contributed by atoms with Crippen molar-refractivity contribution in [1.29, 1.82) is 0 Å². The van der Waals surface area contributed by atoms with Crippen LogP contribution in [0.4, 0.5) is 5.69 Å². The Bertz CT molecular complexity index is 391. The summed E-state index contributed by atoms with van der Waals surface area (Å²) in [6, 6.07) is 1.23. The van der Waals surface area contributed by atoms with Crippen molar-refractivity contribution in [1.82, 2.24) is 14.7 Å². The van der Waals surface area contributed by atoms with Crippen LogP contribution >= 0.6 is 0 Å². The van der Waals surface area contributed by atoms with Gasteiger partial charge < -0.3 is 15.0 Å². The highest BCUT2D eigenvalue weighted by atomic mass is 16.5. The minimum absolute atomic E-state index is 0.568. The fourth-order valence-electron chi connectivity index (χ4n) is 2.76. The highest BCUT2D eigenvalue weighted by molar-refractivity contribution is 5.39. The van der Waals surface area contributed by atoms with Crippen LogP contribution in [-0.2, 0) is 11.3 Å². The lowest BCUT2D eigenvalue weighted by Crippen LogP contribution is -2.32. The van der Waals surface area contributed by atoms with Crippen molar-refractivity contribution in [3.05, 3.63) is 12.4 Å².